The third-order valence-electron chi connectivity index (χ3n) is 7.46. The quantitative estimate of drug-likeness (QED) is 0.554. The van der Waals surface area contributed by atoms with Crippen molar-refractivity contribution in [2.75, 3.05) is 26.3 Å². The molecule has 0 spiro atoms. The van der Waals surface area contributed by atoms with Crippen molar-refractivity contribution in [3.63, 3.8) is 0 Å². The summed E-state index contributed by atoms with van der Waals surface area (Å²) in [5.74, 6) is 0.116. The summed E-state index contributed by atoms with van der Waals surface area (Å²) in [5, 5.41) is 3.33. The maximum atomic E-state index is 13.7. The summed E-state index contributed by atoms with van der Waals surface area (Å²) in [7, 11) is 0. The van der Waals surface area contributed by atoms with Gasteiger partial charge in [-0.25, -0.2) is 4.79 Å². The van der Waals surface area contributed by atoms with Gasteiger partial charge < -0.3 is 19.7 Å². The van der Waals surface area contributed by atoms with Gasteiger partial charge in [0.15, 0.2) is 0 Å². The first-order valence-corrected chi connectivity index (χ1v) is 13.6. The van der Waals surface area contributed by atoms with Crippen molar-refractivity contribution >= 4 is 12.0 Å². The number of hydrogen-bond donors (Lipinski definition) is 1. The molecule has 2 aliphatic rings. The molecule has 0 saturated carbocycles. The van der Waals surface area contributed by atoms with Crippen LogP contribution in [0, 0.1) is 19.3 Å². The fraction of sp³-hybridized carbons (Fsp3) is 0.548. The zero-order valence-electron chi connectivity index (χ0n) is 23.1. The summed E-state index contributed by atoms with van der Waals surface area (Å²) in [5.41, 5.74) is 5.13. The Morgan fingerprint density at radius 3 is 2.14 bits per heavy atom. The molecule has 0 atom stereocenters. The lowest BCUT2D eigenvalue weighted by Crippen LogP contribution is -2.53. The van der Waals surface area contributed by atoms with Gasteiger partial charge in [0.05, 0.1) is 5.41 Å². The van der Waals surface area contributed by atoms with Crippen molar-refractivity contribution in [2.45, 2.75) is 78.4 Å². The number of piperidine rings is 1. The number of carbonyl (C=O) groups excluding carboxylic acids is 2. The Bertz CT molecular complexity index is 1070. The molecule has 2 aromatic carbocycles. The van der Waals surface area contributed by atoms with Gasteiger partial charge in [-0.2, -0.15) is 0 Å². The minimum absolute atomic E-state index is 0.0674. The van der Waals surface area contributed by atoms with Gasteiger partial charge >= 0.3 is 6.09 Å². The van der Waals surface area contributed by atoms with Gasteiger partial charge in [0.25, 0.3) is 0 Å². The largest absolute Gasteiger partial charge is 0.444 e. The maximum absolute atomic E-state index is 13.7. The fourth-order valence-corrected chi connectivity index (χ4v) is 5.46. The van der Waals surface area contributed by atoms with Gasteiger partial charge in [0, 0.05) is 32.3 Å². The van der Waals surface area contributed by atoms with Gasteiger partial charge in [-0.1, -0.05) is 53.6 Å². The minimum atomic E-state index is -0.505. The molecule has 6 nitrogen and oxygen atoms in total. The van der Waals surface area contributed by atoms with E-state index >= 15 is 0 Å². The van der Waals surface area contributed by atoms with E-state index in [0.717, 1.165) is 12.8 Å². The summed E-state index contributed by atoms with van der Waals surface area (Å²) in [4.78, 5) is 27.8. The van der Waals surface area contributed by atoms with Gasteiger partial charge in [-0.05, 0) is 83.4 Å². The monoisotopic (exact) mass is 506 g/mol. The van der Waals surface area contributed by atoms with Crippen molar-refractivity contribution in [2.24, 2.45) is 5.41 Å². The van der Waals surface area contributed by atoms with Crippen molar-refractivity contribution in [1.29, 1.82) is 0 Å². The number of amides is 2. The number of rotatable bonds is 5. The van der Waals surface area contributed by atoms with Crippen molar-refractivity contribution in [3.8, 4) is 11.1 Å². The molecule has 6 heteroatoms. The molecular weight excluding hydrogens is 464 g/mol. The van der Waals surface area contributed by atoms with E-state index in [1.807, 2.05) is 20.8 Å². The van der Waals surface area contributed by atoms with Crippen LogP contribution in [0.3, 0.4) is 0 Å². The van der Waals surface area contributed by atoms with E-state index in [2.05, 4.69) is 61.6 Å². The van der Waals surface area contributed by atoms with E-state index in [-0.39, 0.29) is 18.0 Å². The molecule has 2 fully saturated rings. The average Bonchev–Trinajstić information content (AvgIpc) is 2.84. The number of ether oxygens (including phenoxy) is 2. The Kier molecular flexibility index (Phi) is 8.27. The summed E-state index contributed by atoms with van der Waals surface area (Å²) in [6.45, 7) is 12.3. The molecule has 2 aromatic rings. The Hall–Kier alpha value is -2.86. The highest BCUT2D eigenvalue weighted by molar-refractivity contribution is 5.83. The second kappa shape index (κ2) is 11.3. The van der Waals surface area contributed by atoms with Crippen LogP contribution in [0.4, 0.5) is 4.79 Å². The van der Waals surface area contributed by atoms with Crippen molar-refractivity contribution in [1.82, 2.24) is 10.2 Å². The van der Waals surface area contributed by atoms with E-state index < -0.39 is 11.0 Å². The Balaban J connectivity index is 1.40. The van der Waals surface area contributed by atoms with Gasteiger partial charge in [0.2, 0.25) is 5.91 Å². The molecule has 2 heterocycles. The predicted molar refractivity (Wildman–Crippen MR) is 147 cm³/mol. The highest BCUT2D eigenvalue weighted by Gasteiger charge is 2.41. The Morgan fingerprint density at radius 1 is 0.973 bits per heavy atom. The standard InChI is InChI=1S/C31H42N2O4/c1-22-18-23(2)20-26(19-22)25-8-6-24(7-9-25)21-31(12-16-36-17-13-31)28(34)32-27-10-14-33(15-11-27)29(35)37-30(3,4)5/h6-9,18-20,27H,10-17,21H2,1-5H3,(H,32,34). The first-order valence-electron chi connectivity index (χ1n) is 13.6. The lowest BCUT2D eigenvalue weighted by molar-refractivity contribution is -0.137. The van der Waals surface area contributed by atoms with Crippen LogP contribution in [0.25, 0.3) is 11.1 Å². The average molecular weight is 507 g/mol. The first kappa shape index (κ1) is 27.2. The Morgan fingerprint density at radius 2 is 1.57 bits per heavy atom. The highest BCUT2D eigenvalue weighted by Crippen LogP contribution is 2.36. The molecule has 2 saturated heterocycles. The van der Waals surface area contributed by atoms with Crippen LogP contribution in [0.5, 0.6) is 0 Å². The summed E-state index contributed by atoms with van der Waals surface area (Å²) >= 11 is 0. The number of nitrogens with one attached hydrogen (secondary N) is 1. The molecule has 2 aliphatic heterocycles. The molecule has 2 amide bonds. The zero-order chi connectivity index (χ0) is 26.6. The van der Waals surface area contributed by atoms with Crippen LogP contribution in [0.2, 0.25) is 0 Å². The number of carbonyl (C=O) groups is 2. The van der Waals surface area contributed by atoms with E-state index in [1.165, 1.54) is 27.8 Å². The van der Waals surface area contributed by atoms with Gasteiger partial charge in [0.1, 0.15) is 5.60 Å². The molecule has 4 rings (SSSR count). The number of nitrogens with zero attached hydrogens (tertiary/aromatic N) is 1. The predicted octanol–water partition coefficient (Wildman–Crippen LogP) is 5.83. The molecule has 0 unspecified atom stereocenters. The molecule has 0 aliphatic carbocycles. The fourth-order valence-electron chi connectivity index (χ4n) is 5.46. The smallest absolute Gasteiger partial charge is 0.410 e. The SMILES string of the molecule is Cc1cc(C)cc(-c2ccc(CC3(C(=O)NC4CCN(C(=O)OC(C)(C)C)CC4)CCOCC3)cc2)c1. The van der Waals surface area contributed by atoms with Crippen LogP contribution in [0.15, 0.2) is 42.5 Å². The van der Waals surface area contributed by atoms with E-state index in [0.29, 0.717) is 45.6 Å². The summed E-state index contributed by atoms with van der Waals surface area (Å²) in [6.07, 6.45) is 3.33. The first-order chi connectivity index (χ1) is 17.5. The second-order valence-electron chi connectivity index (χ2n) is 11.9. The molecular formula is C31H42N2O4. The lowest BCUT2D eigenvalue weighted by atomic mass is 9.74. The normalized spacial score (nSPS) is 18.4. The van der Waals surface area contributed by atoms with Crippen LogP contribution < -0.4 is 5.32 Å². The molecule has 200 valence electrons. The summed E-state index contributed by atoms with van der Waals surface area (Å²) in [6, 6.07) is 15.3. The van der Waals surface area contributed by atoms with Crippen LogP contribution in [0.1, 0.15) is 63.1 Å². The molecule has 0 bridgehead atoms. The molecule has 1 N–H and O–H groups in total. The Labute approximate surface area is 221 Å². The number of benzene rings is 2. The summed E-state index contributed by atoms with van der Waals surface area (Å²) < 4.78 is 11.1. The number of likely N-dealkylation sites (tertiary alicyclic amines) is 1. The molecule has 0 radical (unpaired) electrons. The van der Waals surface area contributed by atoms with E-state index in [9.17, 15) is 9.59 Å². The van der Waals surface area contributed by atoms with Gasteiger partial charge in [-0.3, -0.25) is 4.79 Å². The van der Waals surface area contributed by atoms with Crippen LogP contribution in [-0.2, 0) is 20.7 Å². The topological polar surface area (TPSA) is 67.9 Å². The maximum Gasteiger partial charge on any atom is 0.410 e. The highest BCUT2D eigenvalue weighted by atomic mass is 16.6. The van der Waals surface area contributed by atoms with Crippen LogP contribution in [-0.4, -0.2) is 54.8 Å². The van der Waals surface area contributed by atoms with Crippen molar-refractivity contribution < 1.29 is 19.1 Å². The third-order valence-corrected chi connectivity index (χ3v) is 7.46. The van der Waals surface area contributed by atoms with Crippen LogP contribution >= 0.6 is 0 Å². The molecule has 37 heavy (non-hydrogen) atoms. The third kappa shape index (κ3) is 7.13. The van der Waals surface area contributed by atoms with E-state index in [1.54, 1.807) is 4.90 Å². The molecule has 0 aromatic heterocycles. The van der Waals surface area contributed by atoms with E-state index in [4.69, 9.17) is 9.47 Å². The lowest BCUT2D eigenvalue weighted by Gasteiger charge is -2.39. The number of aryl methyl sites for hydroxylation is 2. The second-order valence-corrected chi connectivity index (χ2v) is 11.9. The van der Waals surface area contributed by atoms with Crippen molar-refractivity contribution in [3.05, 3.63) is 59.2 Å². The zero-order valence-corrected chi connectivity index (χ0v) is 23.1. The minimum Gasteiger partial charge on any atom is -0.444 e. The number of hydrogen-bond acceptors (Lipinski definition) is 4. The van der Waals surface area contributed by atoms with Gasteiger partial charge in [-0.15, -0.1) is 0 Å².